The molecule has 19 nitrogen and oxygen atoms in total. The van der Waals surface area contributed by atoms with Crippen molar-refractivity contribution in [3.8, 4) is 0 Å². The molecule has 19 heteroatoms. The topological polar surface area (TPSA) is 307 Å². The third kappa shape index (κ3) is 39.3. The molecule has 3 aliphatic heterocycles. The molecule has 17 atom stereocenters. The predicted octanol–water partition coefficient (Wildman–Crippen LogP) is 11.8. The molecular formula is C78H137NO18. The van der Waals surface area contributed by atoms with Crippen LogP contribution in [0, 0.1) is 0 Å². The zero-order valence-corrected chi connectivity index (χ0v) is 59.8. The van der Waals surface area contributed by atoms with Crippen molar-refractivity contribution < 1.29 is 89.4 Å². The van der Waals surface area contributed by atoms with E-state index >= 15 is 0 Å². The predicted molar refractivity (Wildman–Crippen MR) is 383 cm³/mol. The highest BCUT2D eigenvalue weighted by atomic mass is 16.8. The molecule has 0 aromatic rings. The van der Waals surface area contributed by atoms with Crippen molar-refractivity contribution in [2.75, 3.05) is 26.4 Å². The second-order valence-electron chi connectivity index (χ2n) is 27.1. The van der Waals surface area contributed by atoms with Crippen molar-refractivity contribution in [3.63, 3.8) is 0 Å². The highest BCUT2D eigenvalue weighted by Crippen LogP contribution is 2.33. The number of rotatable bonds is 59. The minimum absolute atomic E-state index is 0.222. The molecule has 562 valence electrons. The van der Waals surface area contributed by atoms with Gasteiger partial charge >= 0.3 is 0 Å². The Labute approximate surface area is 584 Å². The number of aliphatic hydroxyl groups excluding tert-OH is 11. The van der Waals surface area contributed by atoms with E-state index in [9.17, 15) is 61.0 Å². The van der Waals surface area contributed by atoms with Crippen molar-refractivity contribution in [1.29, 1.82) is 0 Å². The number of carbonyl (C=O) groups excluding carboxylic acids is 1. The summed E-state index contributed by atoms with van der Waals surface area (Å²) in [6, 6.07) is -0.913. The number of unbranched alkanes of at least 4 members (excludes halogenated alkanes) is 29. The Morgan fingerprint density at radius 3 is 1.10 bits per heavy atom. The number of carbonyl (C=O) groups is 1. The van der Waals surface area contributed by atoms with Gasteiger partial charge in [-0.25, -0.2) is 0 Å². The second kappa shape index (κ2) is 58.5. The Morgan fingerprint density at radius 1 is 0.381 bits per heavy atom. The van der Waals surface area contributed by atoms with Gasteiger partial charge in [-0.1, -0.05) is 279 Å². The molecule has 0 radical (unpaired) electrons. The van der Waals surface area contributed by atoms with Gasteiger partial charge in [-0.2, -0.15) is 0 Å². The summed E-state index contributed by atoms with van der Waals surface area (Å²) in [6.45, 7) is 1.68. The van der Waals surface area contributed by atoms with E-state index in [0.29, 0.717) is 12.8 Å². The lowest BCUT2D eigenvalue weighted by molar-refractivity contribution is -0.379. The maximum atomic E-state index is 13.5. The fourth-order valence-electron chi connectivity index (χ4n) is 12.6. The SMILES string of the molecule is CC/C=C\C/C=C\C/C=C\C/C=C\C/C=C\C/C=C\C/C=C\CCCCCC(=O)NC(COC1OC(CO)C(OC2OC(CO)C(OC3OC(CO)C(O)C(O)C3O)C(O)C2O)C(O)C1O)C(O)CCCCCCCCCCCCCCCCCCCCCCCCCCCCC. The summed E-state index contributed by atoms with van der Waals surface area (Å²) in [4.78, 5) is 13.5. The maximum absolute atomic E-state index is 13.5. The molecule has 0 aromatic heterocycles. The summed E-state index contributed by atoms with van der Waals surface area (Å²) in [7, 11) is 0. The Hall–Kier alpha value is -3.03. The van der Waals surface area contributed by atoms with E-state index in [2.05, 4.69) is 104 Å². The molecule has 3 saturated heterocycles. The lowest BCUT2D eigenvalue weighted by Crippen LogP contribution is -2.66. The van der Waals surface area contributed by atoms with Crippen molar-refractivity contribution >= 4 is 5.91 Å². The molecule has 0 saturated carbocycles. The van der Waals surface area contributed by atoms with Gasteiger partial charge < -0.3 is 89.9 Å². The minimum Gasteiger partial charge on any atom is -0.394 e. The first-order valence-corrected chi connectivity index (χ1v) is 38.3. The Bertz CT molecular complexity index is 2080. The van der Waals surface area contributed by atoms with Gasteiger partial charge in [-0.15, -0.1) is 0 Å². The first-order chi connectivity index (χ1) is 47.3. The molecule has 12 N–H and O–H groups in total. The molecule has 17 unspecified atom stereocenters. The third-order valence-corrected chi connectivity index (χ3v) is 18.7. The van der Waals surface area contributed by atoms with E-state index in [-0.39, 0.29) is 18.9 Å². The fourth-order valence-corrected chi connectivity index (χ4v) is 12.6. The molecule has 0 bridgehead atoms. The van der Waals surface area contributed by atoms with Crippen LogP contribution >= 0.6 is 0 Å². The number of hydrogen-bond donors (Lipinski definition) is 12. The molecule has 0 aliphatic carbocycles. The van der Waals surface area contributed by atoms with Crippen LogP contribution in [0.5, 0.6) is 0 Å². The van der Waals surface area contributed by atoms with E-state index in [1.807, 2.05) is 0 Å². The van der Waals surface area contributed by atoms with Crippen molar-refractivity contribution in [2.45, 2.75) is 375 Å². The maximum Gasteiger partial charge on any atom is 0.220 e. The van der Waals surface area contributed by atoms with Crippen LogP contribution in [0.3, 0.4) is 0 Å². The van der Waals surface area contributed by atoms with Crippen LogP contribution in [0.1, 0.15) is 271 Å². The summed E-state index contributed by atoms with van der Waals surface area (Å²) in [5, 5.41) is 121. The van der Waals surface area contributed by atoms with Crippen LogP contribution in [0.25, 0.3) is 0 Å². The van der Waals surface area contributed by atoms with Gasteiger partial charge in [-0.05, 0) is 70.6 Å². The van der Waals surface area contributed by atoms with E-state index in [4.69, 9.17) is 28.4 Å². The fraction of sp³-hybridized carbons (Fsp3) is 0.808. The molecule has 0 aromatic carbocycles. The summed E-state index contributed by atoms with van der Waals surface area (Å²) < 4.78 is 34.5. The van der Waals surface area contributed by atoms with Crippen LogP contribution in [-0.2, 0) is 33.2 Å². The first-order valence-electron chi connectivity index (χ1n) is 38.3. The molecular weight excluding hydrogens is 1240 g/mol. The zero-order chi connectivity index (χ0) is 70.4. The molecule has 1 amide bonds. The van der Waals surface area contributed by atoms with Crippen molar-refractivity contribution in [2.24, 2.45) is 0 Å². The Morgan fingerprint density at radius 2 is 0.711 bits per heavy atom. The number of hydrogen-bond acceptors (Lipinski definition) is 18. The van der Waals surface area contributed by atoms with Crippen LogP contribution in [0.15, 0.2) is 85.1 Å². The quantitative estimate of drug-likeness (QED) is 0.0199. The van der Waals surface area contributed by atoms with Gasteiger partial charge in [0.1, 0.15) is 73.2 Å². The summed E-state index contributed by atoms with van der Waals surface area (Å²) in [5.41, 5.74) is 0. The number of ether oxygens (including phenoxy) is 6. The van der Waals surface area contributed by atoms with Gasteiger partial charge in [0.05, 0.1) is 38.6 Å². The number of nitrogens with one attached hydrogen (secondary N) is 1. The van der Waals surface area contributed by atoms with Gasteiger partial charge in [0.25, 0.3) is 0 Å². The Kier molecular flexibility index (Phi) is 53.2. The molecule has 0 spiro atoms. The van der Waals surface area contributed by atoms with E-state index < -0.39 is 124 Å². The largest absolute Gasteiger partial charge is 0.394 e. The highest BCUT2D eigenvalue weighted by Gasteiger charge is 2.53. The van der Waals surface area contributed by atoms with Crippen LogP contribution in [-0.4, -0.2) is 193 Å². The summed E-state index contributed by atoms with van der Waals surface area (Å²) in [5.74, 6) is -0.275. The van der Waals surface area contributed by atoms with Gasteiger partial charge in [0, 0.05) is 6.42 Å². The average Bonchev–Trinajstić information content (AvgIpc) is 0.797. The van der Waals surface area contributed by atoms with E-state index in [0.717, 1.165) is 89.9 Å². The zero-order valence-electron chi connectivity index (χ0n) is 59.8. The molecule has 97 heavy (non-hydrogen) atoms. The minimum atomic E-state index is -1.98. The van der Waals surface area contributed by atoms with Gasteiger partial charge in [-0.3, -0.25) is 4.79 Å². The van der Waals surface area contributed by atoms with Crippen LogP contribution in [0.2, 0.25) is 0 Å². The van der Waals surface area contributed by atoms with Crippen molar-refractivity contribution in [1.82, 2.24) is 5.32 Å². The van der Waals surface area contributed by atoms with Crippen molar-refractivity contribution in [3.05, 3.63) is 85.1 Å². The normalized spacial score (nSPS) is 27.4. The molecule has 3 rings (SSSR count). The van der Waals surface area contributed by atoms with E-state index in [1.54, 1.807) is 0 Å². The van der Waals surface area contributed by atoms with Crippen LogP contribution in [0.4, 0.5) is 0 Å². The number of amides is 1. The molecule has 3 fully saturated rings. The third-order valence-electron chi connectivity index (χ3n) is 18.7. The average molecular weight is 1380 g/mol. The van der Waals surface area contributed by atoms with E-state index in [1.165, 1.54) is 148 Å². The lowest BCUT2D eigenvalue weighted by atomic mass is 9.96. The second-order valence-corrected chi connectivity index (χ2v) is 27.1. The smallest absolute Gasteiger partial charge is 0.220 e. The summed E-state index contributed by atoms with van der Waals surface area (Å²) >= 11 is 0. The summed E-state index contributed by atoms with van der Waals surface area (Å²) in [6.07, 6.45) is 49.5. The first kappa shape index (κ1) is 88.2. The highest BCUT2D eigenvalue weighted by molar-refractivity contribution is 5.76. The molecule has 3 heterocycles. The number of allylic oxidation sites excluding steroid dienone is 14. The monoisotopic (exact) mass is 1380 g/mol. The standard InChI is InChI=1S/C78H137NO18/c1-3-5-7-9-11-13-15-17-19-21-23-25-27-29-30-32-33-35-37-39-41-43-45-47-49-51-53-55-62(83)61(79-66(84)56-54-52-50-48-46-44-42-40-38-36-34-31-28-26-24-22-20-18-16-14-12-10-8-6-4-2)60-92-76-72(90)69(87)74(64(58-81)94-76)97-78-73(91)70(88)75(65(59-82)95-78)96-77-71(89)68(86)67(85)63(57-80)93-77/h6,8,12,14,18,20,24,26,31,34,38,40,44,46,61-65,67-78,80-83,85-91H,3-5,7,9-11,13,15-17,19,21-23,25,27-30,32-33,35-37,39,41-43,45,47-60H2,1-2H3,(H,79,84)/b8-6-,14-12-,20-18-,26-24-,34-31-,40-38-,46-44-. The lowest BCUT2D eigenvalue weighted by Gasteiger charge is -2.48. The molecule has 3 aliphatic rings. The number of aliphatic hydroxyl groups is 11. The van der Waals surface area contributed by atoms with Gasteiger partial charge in [0.2, 0.25) is 5.91 Å². The van der Waals surface area contributed by atoms with Gasteiger partial charge in [0.15, 0.2) is 18.9 Å². The van der Waals surface area contributed by atoms with Crippen LogP contribution < -0.4 is 5.32 Å². The Balaban J connectivity index is 1.41.